The molecule has 0 aliphatic rings. The first-order valence-electron chi connectivity index (χ1n) is 6.19. The molecular formula is C16H18O4. The van der Waals surface area contributed by atoms with Gasteiger partial charge in [0.2, 0.25) is 0 Å². The van der Waals surface area contributed by atoms with Gasteiger partial charge in [-0.2, -0.15) is 0 Å². The molecule has 0 saturated carbocycles. The summed E-state index contributed by atoms with van der Waals surface area (Å²) in [5.74, 6) is -1.22. The van der Waals surface area contributed by atoms with Gasteiger partial charge in [0.1, 0.15) is 0 Å². The largest absolute Gasteiger partial charge is 0.479 e. The van der Waals surface area contributed by atoms with E-state index in [-0.39, 0.29) is 11.9 Å². The first-order valence-corrected chi connectivity index (χ1v) is 6.19. The van der Waals surface area contributed by atoms with E-state index in [2.05, 4.69) is 0 Å². The third-order valence-corrected chi connectivity index (χ3v) is 3.34. The highest BCUT2D eigenvalue weighted by molar-refractivity contribution is 5.79. The lowest BCUT2D eigenvalue weighted by Gasteiger charge is -2.22. The van der Waals surface area contributed by atoms with Crippen LogP contribution in [0.25, 0.3) is 11.1 Å². The molecule has 0 aliphatic carbocycles. The van der Waals surface area contributed by atoms with E-state index < -0.39 is 11.6 Å². The SMILES string of the molecule is CCC(O)(C(=O)O)c1ccc(-c2ccccc2)cc1.O. The lowest BCUT2D eigenvalue weighted by molar-refractivity contribution is -0.160. The summed E-state index contributed by atoms with van der Waals surface area (Å²) in [4.78, 5) is 11.2. The van der Waals surface area contributed by atoms with Crippen molar-refractivity contribution in [2.24, 2.45) is 0 Å². The van der Waals surface area contributed by atoms with Crippen molar-refractivity contribution in [3.63, 3.8) is 0 Å². The van der Waals surface area contributed by atoms with Gasteiger partial charge in [0.25, 0.3) is 0 Å². The van der Waals surface area contributed by atoms with Crippen molar-refractivity contribution in [1.29, 1.82) is 0 Å². The maximum absolute atomic E-state index is 11.2. The molecule has 0 bridgehead atoms. The van der Waals surface area contributed by atoms with Gasteiger partial charge in [0, 0.05) is 0 Å². The van der Waals surface area contributed by atoms with Gasteiger partial charge >= 0.3 is 5.97 Å². The van der Waals surface area contributed by atoms with Crippen LogP contribution in [0.2, 0.25) is 0 Å². The zero-order valence-electron chi connectivity index (χ0n) is 11.2. The van der Waals surface area contributed by atoms with Crippen LogP contribution in [0.4, 0.5) is 0 Å². The number of hydrogen-bond donors (Lipinski definition) is 2. The summed E-state index contributed by atoms with van der Waals surface area (Å²) < 4.78 is 0. The highest BCUT2D eigenvalue weighted by Crippen LogP contribution is 2.28. The minimum absolute atomic E-state index is 0. The zero-order chi connectivity index (χ0) is 13.9. The van der Waals surface area contributed by atoms with Crippen LogP contribution in [0, 0.1) is 0 Å². The molecule has 0 amide bonds. The average Bonchev–Trinajstić information content (AvgIpc) is 2.47. The standard InChI is InChI=1S/C16H16O3.H2O/c1-2-16(19,15(17)18)14-10-8-13(9-11-14)12-6-4-3-5-7-12;/h3-11,19H,2H2,1H3,(H,17,18);1H2. The monoisotopic (exact) mass is 274 g/mol. The van der Waals surface area contributed by atoms with Gasteiger partial charge < -0.3 is 15.7 Å². The van der Waals surface area contributed by atoms with Crippen molar-refractivity contribution in [3.8, 4) is 11.1 Å². The number of carbonyl (C=O) groups is 1. The molecule has 106 valence electrons. The van der Waals surface area contributed by atoms with E-state index in [0.29, 0.717) is 5.56 Å². The Morgan fingerprint density at radius 2 is 1.50 bits per heavy atom. The second kappa shape index (κ2) is 6.32. The van der Waals surface area contributed by atoms with E-state index in [9.17, 15) is 9.90 Å². The van der Waals surface area contributed by atoms with Crippen LogP contribution in [0.15, 0.2) is 54.6 Å². The molecule has 0 spiro atoms. The van der Waals surface area contributed by atoms with Gasteiger partial charge in [-0.1, -0.05) is 61.5 Å². The molecule has 0 aromatic heterocycles. The average molecular weight is 274 g/mol. The number of aliphatic carboxylic acids is 1. The number of aliphatic hydroxyl groups is 1. The molecule has 1 unspecified atom stereocenters. The third-order valence-electron chi connectivity index (χ3n) is 3.34. The Hall–Kier alpha value is -2.17. The number of carboxylic acids is 1. The second-order valence-electron chi connectivity index (χ2n) is 4.46. The van der Waals surface area contributed by atoms with Gasteiger partial charge in [-0.15, -0.1) is 0 Å². The van der Waals surface area contributed by atoms with E-state index >= 15 is 0 Å². The molecule has 0 fully saturated rings. The molecule has 0 heterocycles. The van der Waals surface area contributed by atoms with Gasteiger partial charge in [-0.05, 0) is 23.1 Å². The Bertz CT molecular complexity index is 563. The van der Waals surface area contributed by atoms with Crippen LogP contribution >= 0.6 is 0 Å². The Morgan fingerprint density at radius 3 is 1.95 bits per heavy atom. The summed E-state index contributed by atoms with van der Waals surface area (Å²) in [5, 5.41) is 19.3. The molecule has 1 atom stereocenters. The van der Waals surface area contributed by atoms with E-state index in [1.165, 1.54) is 0 Å². The Kier molecular flexibility index (Phi) is 5.02. The summed E-state index contributed by atoms with van der Waals surface area (Å²) in [7, 11) is 0. The Morgan fingerprint density at radius 1 is 1.00 bits per heavy atom. The maximum atomic E-state index is 11.2. The smallest absolute Gasteiger partial charge is 0.340 e. The van der Waals surface area contributed by atoms with E-state index in [1.54, 1.807) is 19.1 Å². The molecule has 2 rings (SSSR count). The summed E-state index contributed by atoms with van der Waals surface area (Å²) in [5.41, 5.74) is 0.648. The van der Waals surface area contributed by atoms with Crippen LogP contribution in [0.5, 0.6) is 0 Å². The van der Waals surface area contributed by atoms with Gasteiger partial charge in [0.05, 0.1) is 0 Å². The summed E-state index contributed by atoms with van der Waals surface area (Å²) in [6.07, 6.45) is 0.132. The van der Waals surface area contributed by atoms with Gasteiger partial charge in [-0.3, -0.25) is 0 Å². The van der Waals surface area contributed by atoms with Crippen molar-refractivity contribution >= 4 is 5.97 Å². The fourth-order valence-electron chi connectivity index (χ4n) is 2.05. The fraction of sp³-hybridized carbons (Fsp3) is 0.188. The number of hydrogen-bond acceptors (Lipinski definition) is 2. The van der Waals surface area contributed by atoms with Gasteiger partial charge in [0.15, 0.2) is 5.60 Å². The van der Waals surface area contributed by atoms with Crippen molar-refractivity contribution in [2.75, 3.05) is 0 Å². The minimum atomic E-state index is -1.81. The van der Waals surface area contributed by atoms with Crippen molar-refractivity contribution in [2.45, 2.75) is 18.9 Å². The van der Waals surface area contributed by atoms with Crippen molar-refractivity contribution in [1.82, 2.24) is 0 Å². The molecule has 0 aliphatic heterocycles. The molecule has 2 aromatic rings. The summed E-state index contributed by atoms with van der Waals surface area (Å²) in [6, 6.07) is 16.8. The quantitative estimate of drug-likeness (QED) is 0.895. The van der Waals surface area contributed by atoms with E-state index in [1.807, 2.05) is 42.5 Å². The Balaban J connectivity index is 0.00000200. The minimum Gasteiger partial charge on any atom is -0.479 e. The van der Waals surface area contributed by atoms with Crippen molar-refractivity contribution in [3.05, 3.63) is 60.2 Å². The van der Waals surface area contributed by atoms with Crippen LogP contribution in [0.3, 0.4) is 0 Å². The number of benzene rings is 2. The van der Waals surface area contributed by atoms with E-state index in [0.717, 1.165) is 11.1 Å². The first-order chi connectivity index (χ1) is 9.08. The lowest BCUT2D eigenvalue weighted by atomic mass is 9.90. The maximum Gasteiger partial charge on any atom is 0.340 e. The van der Waals surface area contributed by atoms with Crippen molar-refractivity contribution < 1.29 is 20.5 Å². The predicted molar refractivity (Wildman–Crippen MR) is 77.3 cm³/mol. The van der Waals surface area contributed by atoms with E-state index in [4.69, 9.17) is 5.11 Å². The second-order valence-corrected chi connectivity index (χ2v) is 4.46. The lowest BCUT2D eigenvalue weighted by Crippen LogP contribution is -2.34. The normalized spacial score (nSPS) is 13.1. The third kappa shape index (κ3) is 2.87. The Labute approximate surface area is 117 Å². The van der Waals surface area contributed by atoms with Crippen LogP contribution < -0.4 is 0 Å². The van der Waals surface area contributed by atoms with Crippen LogP contribution in [0.1, 0.15) is 18.9 Å². The highest BCUT2D eigenvalue weighted by atomic mass is 16.4. The highest BCUT2D eigenvalue weighted by Gasteiger charge is 2.35. The van der Waals surface area contributed by atoms with Crippen LogP contribution in [-0.4, -0.2) is 21.7 Å². The number of carboxylic acid groups (broad SMARTS) is 1. The fourth-order valence-corrected chi connectivity index (χ4v) is 2.05. The molecule has 20 heavy (non-hydrogen) atoms. The van der Waals surface area contributed by atoms with Crippen LogP contribution in [-0.2, 0) is 10.4 Å². The molecule has 2 aromatic carbocycles. The molecule has 4 N–H and O–H groups in total. The predicted octanol–water partition coefficient (Wildman–Crippen LogP) is 2.21. The topological polar surface area (TPSA) is 89.0 Å². The van der Waals surface area contributed by atoms with Gasteiger partial charge in [-0.25, -0.2) is 4.79 Å². The number of rotatable bonds is 4. The zero-order valence-corrected chi connectivity index (χ0v) is 11.2. The molecule has 4 heteroatoms. The molecule has 4 nitrogen and oxygen atoms in total. The molecule has 0 radical (unpaired) electrons. The summed E-state index contributed by atoms with van der Waals surface area (Å²) >= 11 is 0. The molecule has 0 saturated heterocycles. The first kappa shape index (κ1) is 15.9. The summed E-state index contributed by atoms with van der Waals surface area (Å²) in [6.45, 7) is 1.65. The molecular weight excluding hydrogens is 256 g/mol.